The number of hydrogen-bond donors (Lipinski definition) is 1. The monoisotopic (exact) mass is 275 g/mol. The van der Waals surface area contributed by atoms with Gasteiger partial charge in [-0.15, -0.1) is 0 Å². The molecule has 0 radical (unpaired) electrons. The lowest BCUT2D eigenvalue weighted by Gasteiger charge is -2.25. The van der Waals surface area contributed by atoms with E-state index in [9.17, 15) is 22.8 Å². The second kappa shape index (κ2) is 6.21. The quantitative estimate of drug-likeness (QED) is 0.639. The molecule has 1 aromatic carbocycles. The lowest BCUT2D eigenvalue weighted by molar-refractivity contribution is -0.146. The zero-order valence-electron chi connectivity index (χ0n) is 10.1. The molecule has 0 aromatic heterocycles. The summed E-state index contributed by atoms with van der Waals surface area (Å²) in [6, 6.07) is -0.974. The third-order valence-corrected chi connectivity index (χ3v) is 2.52. The first-order valence-electron chi connectivity index (χ1n) is 5.50. The van der Waals surface area contributed by atoms with Crippen LogP contribution >= 0.6 is 0 Å². The van der Waals surface area contributed by atoms with E-state index in [1.54, 1.807) is 6.92 Å². The van der Waals surface area contributed by atoms with E-state index in [-0.39, 0.29) is 19.0 Å². The lowest BCUT2D eigenvalue weighted by Crippen LogP contribution is -2.34. The lowest BCUT2D eigenvalue weighted by atomic mass is 10.0. The molecule has 0 spiro atoms. The first-order chi connectivity index (χ1) is 8.92. The molecule has 4 nitrogen and oxygen atoms in total. The smallest absolute Gasteiger partial charge is 0.331 e. The molecule has 0 saturated carbocycles. The Labute approximate surface area is 107 Å². The standard InChI is InChI=1S/C12H12F3NO3/c1-2-3-16(6-17)11(12(18)19)7-4-9(14)10(15)5-8(7)13/h4-6,11H,2-3H2,1H3,(H,18,19). The summed E-state index contributed by atoms with van der Waals surface area (Å²) in [5.74, 6) is -5.52. The number of benzene rings is 1. The molecule has 1 N–H and O–H groups in total. The molecule has 19 heavy (non-hydrogen) atoms. The number of nitrogens with zero attached hydrogens (tertiary/aromatic N) is 1. The zero-order chi connectivity index (χ0) is 14.6. The zero-order valence-corrected chi connectivity index (χ0v) is 10.1. The minimum atomic E-state index is -1.69. The Morgan fingerprint density at radius 2 is 1.89 bits per heavy atom. The molecule has 0 aliphatic carbocycles. The number of carbonyl (C=O) groups excluding carboxylic acids is 1. The van der Waals surface area contributed by atoms with Gasteiger partial charge < -0.3 is 10.0 Å². The number of carbonyl (C=O) groups is 2. The van der Waals surface area contributed by atoms with Gasteiger partial charge in [-0.25, -0.2) is 18.0 Å². The highest BCUT2D eigenvalue weighted by atomic mass is 19.2. The molecule has 0 fully saturated rings. The maximum atomic E-state index is 13.6. The predicted octanol–water partition coefficient (Wildman–Crippen LogP) is 2.10. The fourth-order valence-electron chi connectivity index (χ4n) is 1.70. The van der Waals surface area contributed by atoms with Crippen molar-refractivity contribution in [2.24, 2.45) is 0 Å². The average molecular weight is 275 g/mol. The van der Waals surface area contributed by atoms with E-state index in [1.807, 2.05) is 0 Å². The molecule has 1 unspecified atom stereocenters. The Kier molecular flexibility index (Phi) is 4.91. The summed E-state index contributed by atoms with van der Waals surface area (Å²) in [6.07, 6.45) is 0.677. The molecular weight excluding hydrogens is 263 g/mol. The van der Waals surface area contributed by atoms with Crippen molar-refractivity contribution in [3.8, 4) is 0 Å². The van der Waals surface area contributed by atoms with Crippen LogP contribution in [0, 0.1) is 17.5 Å². The fourth-order valence-corrected chi connectivity index (χ4v) is 1.70. The van der Waals surface area contributed by atoms with Gasteiger partial charge in [0, 0.05) is 18.2 Å². The minimum absolute atomic E-state index is 0.0545. The summed E-state index contributed by atoms with van der Waals surface area (Å²) in [6.45, 7) is 1.75. The Bertz CT molecular complexity index is 493. The average Bonchev–Trinajstić information content (AvgIpc) is 2.34. The van der Waals surface area contributed by atoms with Gasteiger partial charge in [-0.1, -0.05) is 6.92 Å². The van der Waals surface area contributed by atoms with Crippen LogP contribution in [0.4, 0.5) is 13.2 Å². The number of halogens is 3. The molecule has 0 aliphatic rings. The van der Waals surface area contributed by atoms with Gasteiger partial charge in [0.2, 0.25) is 6.41 Å². The molecule has 0 heterocycles. The van der Waals surface area contributed by atoms with Crippen molar-refractivity contribution in [2.75, 3.05) is 6.54 Å². The van der Waals surface area contributed by atoms with E-state index < -0.39 is 35.0 Å². The van der Waals surface area contributed by atoms with Crippen LogP contribution < -0.4 is 0 Å². The summed E-state index contributed by atoms with van der Waals surface area (Å²) in [5.41, 5.74) is -0.591. The number of rotatable bonds is 6. The summed E-state index contributed by atoms with van der Waals surface area (Å²) < 4.78 is 39.5. The van der Waals surface area contributed by atoms with Crippen molar-refractivity contribution in [1.82, 2.24) is 4.90 Å². The summed E-state index contributed by atoms with van der Waals surface area (Å²) in [4.78, 5) is 22.8. The van der Waals surface area contributed by atoms with E-state index in [4.69, 9.17) is 5.11 Å². The van der Waals surface area contributed by atoms with Crippen LogP contribution in [0.15, 0.2) is 12.1 Å². The predicted molar refractivity (Wildman–Crippen MR) is 59.8 cm³/mol. The van der Waals surface area contributed by atoms with Crippen LogP contribution in [0.1, 0.15) is 24.9 Å². The van der Waals surface area contributed by atoms with Crippen molar-refractivity contribution < 1.29 is 27.9 Å². The normalized spacial score (nSPS) is 12.0. The minimum Gasteiger partial charge on any atom is -0.479 e. The van der Waals surface area contributed by atoms with Gasteiger partial charge in [0.25, 0.3) is 0 Å². The van der Waals surface area contributed by atoms with Crippen LogP contribution in [0.25, 0.3) is 0 Å². The van der Waals surface area contributed by atoms with Crippen LogP contribution in [-0.2, 0) is 9.59 Å². The first-order valence-corrected chi connectivity index (χ1v) is 5.50. The summed E-state index contributed by atoms with van der Waals surface area (Å²) in [7, 11) is 0. The number of carboxylic acids is 1. The van der Waals surface area contributed by atoms with Crippen LogP contribution in [0.5, 0.6) is 0 Å². The fraction of sp³-hybridized carbons (Fsp3) is 0.333. The second-order valence-corrected chi connectivity index (χ2v) is 3.87. The first kappa shape index (κ1) is 15.0. The largest absolute Gasteiger partial charge is 0.479 e. The Morgan fingerprint density at radius 1 is 1.32 bits per heavy atom. The van der Waals surface area contributed by atoms with E-state index >= 15 is 0 Å². The number of aliphatic carboxylic acids is 1. The van der Waals surface area contributed by atoms with Crippen LogP contribution in [0.2, 0.25) is 0 Å². The molecule has 0 saturated heterocycles. The van der Waals surface area contributed by atoms with Gasteiger partial charge >= 0.3 is 5.97 Å². The van der Waals surface area contributed by atoms with E-state index in [2.05, 4.69) is 0 Å². The van der Waals surface area contributed by atoms with Crippen molar-refractivity contribution in [3.05, 3.63) is 35.1 Å². The van der Waals surface area contributed by atoms with Gasteiger partial charge in [0.1, 0.15) is 5.82 Å². The van der Waals surface area contributed by atoms with E-state index in [0.717, 1.165) is 4.90 Å². The number of carboxylic acid groups (broad SMARTS) is 1. The van der Waals surface area contributed by atoms with Gasteiger partial charge in [0.05, 0.1) is 0 Å². The van der Waals surface area contributed by atoms with Crippen molar-refractivity contribution in [1.29, 1.82) is 0 Å². The van der Waals surface area contributed by atoms with Crippen molar-refractivity contribution in [3.63, 3.8) is 0 Å². The van der Waals surface area contributed by atoms with Gasteiger partial charge in [-0.3, -0.25) is 4.79 Å². The maximum Gasteiger partial charge on any atom is 0.331 e. The molecule has 7 heteroatoms. The molecule has 1 atom stereocenters. The SMILES string of the molecule is CCCN(C=O)C(C(=O)O)c1cc(F)c(F)cc1F. The number of hydrogen-bond acceptors (Lipinski definition) is 2. The third-order valence-electron chi connectivity index (χ3n) is 2.52. The highest BCUT2D eigenvalue weighted by molar-refractivity contribution is 5.78. The van der Waals surface area contributed by atoms with E-state index in [1.165, 1.54) is 0 Å². The molecule has 104 valence electrons. The highest BCUT2D eigenvalue weighted by Crippen LogP contribution is 2.25. The van der Waals surface area contributed by atoms with Crippen LogP contribution in [-0.4, -0.2) is 28.9 Å². The van der Waals surface area contributed by atoms with Gasteiger partial charge in [-0.05, 0) is 12.5 Å². The molecule has 0 bridgehead atoms. The highest BCUT2D eigenvalue weighted by Gasteiger charge is 2.30. The topological polar surface area (TPSA) is 57.6 Å². The Morgan fingerprint density at radius 3 is 2.37 bits per heavy atom. The van der Waals surface area contributed by atoms with Crippen LogP contribution in [0.3, 0.4) is 0 Å². The molecule has 1 aromatic rings. The third kappa shape index (κ3) is 3.24. The Hall–Kier alpha value is -2.05. The van der Waals surface area contributed by atoms with Gasteiger partial charge in [0.15, 0.2) is 17.7 Å². The summed E-state index contributed by atoms with van der Waals surface area (Å²) in [5, 5.41) is 9.06. The molecular formula is C12H12F3NO3. The van der Waals surface area contributed by atoms with Gasteiger partial charge in [-0.2, -0.15) is 0 Å². The second-order valence-electron chi connectivity index (χ2n) is 3.87. The van der Waals surface area contributed by atoms with E-state index in [0.29, 0.717) is 12.5 Å². The molecule has 1 amide bonds. The maximum absolute atomic E-state index is 13.6. The molecule has 0 aliphatic heterocycles. The van der Waals surface area contributed by atoms with Crippen molar-refractivity contribution in [2.45, 2.75) is 19.4 Å². The summed E-state index contributed by atoms with van der Waals surface area (Å²) >= 11 is 0. The Balaban J connectivity index is 3.30. The number of amides is 1. The molecule has 1 rings (SSSR count). The van der Waals surface area contributed by atoms with Crippen molar-refractivity contribution >= 4 is 12.4 Å².